The fourth-order valence-electron chi connectivity index (χ4n) is 1.50. The highest BCUT2D eigenvalue weighted by Crippen LogP contribution is 2.22. The molecule has 0 saturated heterocycles. The van der Waals surface area contributed by atoms with Gasteiger partial charge in [-0.15, -0.1) is 0 Å². The van der Waals surface area contributed by atoms with Crippen molar-refractivity contribution >= 4 is 9.84 Å². The topological polar surface area (TPSA) is 101 Å². The molecule has 0 fully saturated rings. The Morgan fingerprint density at radius 1 is 1.28 bits per heavy atom. The average Bonchev–Trinajstić information content (AvgIpc) is 2.36. The maximum Gasteiger partial charge on any atom is 0.180 e. The molecular weight excluding hydrogens is 254 g/mol. The largest absolute Gasteiger partial charge is 0.389 e. The second-order valence-electron chi connectivity index (χ2n) is 4.41. The lowest BCUT2D eigenvalue weighted by Gasteiger charge is -2.17. The minimum absolute atomic E-state index is 0.0949. The Morgan fingerprint density at radius 3 is 2.39 bits per heavy atom. The van der Waals surface area contributed by atoms with Crippen molar-refractivity contribution in [2.75, 3.05) is 6.54 Å². The van der Waals surface area contributed by atoms with Crippen LogP contribution in [0.1, 0.15) is 25.5 Å². The highest BCUT2D eigenvalue weighted by Gasteiger charge is 2.22. The zero-order valence-electron chi connectivity index (χ0n) is 10.4. The van der Waals surface area contributed by atoms with Crippen LogP contribution >= 0.6 is 0 Å². The summed E-state index contributed by atoms with van der Waals surface area (Å²) < 4.78 is 24.0. The second kappa shape index (κ2) is 5.79. The van der Waals surface area contributed by atoms with Gasteiger partial charge in [0.15, 0.2) is 9.84 Å². The number of rotatable bonds is 5. The monoisotopic (exact) mass is 273 g/mol. The molecule has 0 bridgehead atoms. The molecule has 1 aromatic carbocycles. The van der Waals surface area contributed by atoms with E-state index < -0.39 is 27.3 Å². The van der Waals surface area contributed by atoms with E-state index in [0.29, 0.717) is 5.56 Å². The van der Waals surface area contributed by atoms with Crippen LogP contribution in [-0.4, -0.2) is 36.5 Å². The first-order chi connectivity index (χ1) is 8.30. The molecule has 6 heteroatoms. The number of hydrogen-bond acceptors (Lipinski definition) is 5. The molecule has 0 saturated carbocycles. The molecule has 0 aliphatic rings. The van der Waals surface area contributed by atoms with Crippen LogP contribution in [0.15, 0.2) is 29.2 Å². The van der Waals surface area contributed by atoms with E-state index >= 15 is 0 Å². The summed E-state index contributed by atoms with van der Waals surface area (Å²) in [6.07, 6.45) is -2.29. The third-order valence-corrected chi connectivity index (χ3v) is 4.91. The maximum absolute atomic E-state index is 12.0. The fourth-order valence-corrected chi connectivity index (χ4v) is 2.61. The minimum atomic E-state index is -3.39. The summed E-state index contributed by atoms with van der Waals surface area (Å²) in [5.74, 6) is 0. The predicted octanol–water partition coefficient (Wildman–Crippen LogP) is 0.222. The highest BCUT2D eigenvalue weighted by molar-refractivity contribution is 7.92. The molecule has 0 heterocycles. The second-order valence-corrected chi connectivity index (χ2v) is 6.92. The van der Waals surface area contributed by atoms with Crippen molar-refractivity contribution in [2.24, 2.45) is 5.73 Å². The van der Waals surface area contributed by atoms with Gasteiger partial charge < -0.3 is 15.9 Å². The van der Waals surface area contributed by atoms with Crippen molar-refractivity contribution in [1.82, 2.24) is 0 Å². The van der Waals surface area contributed by atoms with Gasteiger partial charge >= 0.3 is 0 Å². The Morgan fingerprint density at radius 2 is 1.89 bits per heavy atom. The minimum Gasteiger partial charge on any atom is -0.389 e. The van der Waals surface area contributed by atoms with Gasteiger partial charge in [-0.3, -0.25) is 0 Å². The normalized spacial score (nSPS) is 15.7. The number of aliphatic hydroxyl groups excluding tert-OH is 2. The van der Waals surface area contributed by atoms with Crippen LogP contribution in [0.25, 0.3) is 0 Å². The molecule has 4 N–H and O–H groups in total. The number of benzene rings is 1. The van der Waals surface area contributed by atoms with Crippen LogP contribution in [0, 0.1) is 0 Å². The molecule has 1 aromatic rings. The van der Waals surface area contributed by atoms with Crippen molar-refractivity contribution in [1.29, 1.82) is 0 Å². The smallest absolute Gasteiger partial charge is 0.180 e. The van der Waals surface area contributed by atoms with Crippen LogP contribution < -0.4 is 5.73 Å². The molecule has 1 rings (SSSR count). The number of aliphatic hydroxyl groups is 2. The van der Waals surface area contributed by atoms with E-state index in [9.17, 15) is 18.6 Å². The van der Waals surface area contributed by atoms with Crippen LogP contribution in [-0.2, 0) is 9.84 Å². The van der Waals surface area contributed by atoms with Gasteiger partial charge in [-0.1, -0.05) is 12.1 Å². The molecule has 18 heavy (non-hydrogen) atoms. The first kappa shape index (κ1) is 15.1. The number of nitrogens with two attached hydrogens (primary N) is 1. The Hall–Kier alpha value is -0.950. The molecule has 0 spiro atoms. The van der Waals surface area contributed by atoms with Crippen LogP contribution in [0.4, 0.5) is 0 Å². The quantitative estimate of drug-likeness (QED) is 0.712. The summed E-state index contributed by atoms with van der Waals surface area (Å²) in [5.41, 5.74) is 5.60. The summed E-state index contributed by atoms with van der Waals surface area (Å²) in [7, 11) is -3.39. The van der Waals surface area contributed by atoms with Crippen molar-refractivity contribution in [3.63, 3.8) is 0 Å². The van der Waals surface area contributed by atoms with Gasteiger partial charge in [-0.25, -0.2) is 8.42 Å². The standard InChI is InChI=1S/C12H19NO4S/c1-8(2)18(16,17)10-5-3-4-9(6-10)12(15)11(14)7-13/h3-6,8,11-12,14-15H,7,13H2,1-2H3. The van der Waals surface area contributed by atoms with E-state index in [4.69, 9.17) is 5.73 Å². The zero-order chi connectivity index (χ0) is 13.9. The Balaban J connectivity index is 3.15. The van der Waals surface area contributed by atoms with Crippen LogP contribution in [0.2, 0.25) is 0 Å². The maximum atomic E-state index is 12.0. The van der Waals surface area contributed by atoms with E-state index in [-0.39, 0.29) is 11.4 Å². The number of hydrogen-bond donors (Lipinski definition) is 3. The van der Waals surface area contributed by atoms with Crippen molar-refractivity contribution in [2.45, 2.75) is 36.2 Å². The number of sulfone groups is 1. The fraction of sp³-hybridized carbons (Fsp3) is 0.500. The summed E-state index contributed by atoms with van der Waals surface area (Å²) in [6.45, 7) is 3.09. The molecule has 0 aliphatic heterocycles. The SMILES string of the molecule is CC(C)S(=O)(=O)c1cccc(C(O)C(O)CN)c1. The Labute approximate surface area is 107 Å². The lowest BCUT2D eigenvalue weighted by molar-refractivity contribution is 0.0242. The molecular formula is C12H19NO4S. The van der Waals surface area contributed by atoms with E-state index in [1.807, 2.05) is 0 Å². The van der Waals surface area contributed by atoms with Crippen molar-refractivity contribution in [3.8, 4) is 0 Å². The zero-order valence-corrected chi connectivity index (χ0v) is 11.3. The molecule has 2 atom stereocenters. The van der Waals surface area contributed by atoms with Gasteiger partial charge in [-0.05, 0) is 31.5 Å². The molecule has 0 aromatic heterocycles. The third-order valence-electron chi connectivity index (χ3n) is 2.75. The first-order valence-corrected chi connectivity index (χ1v) is 7.25. The lowest BCUT2D eigenvalue weighted by atomic mass is 10.0. The van der Waals surface area contributed by atoms with Crippen LogP contribution in [0.5, 0.6) is 0 Å². The molecule has 5 nitrogen and oxygen atoms in total. The summed E-state index contributed by atoms with van der Waals surface area (Å²) in [6, 6.07) is 5.94. The van der Waals surface area contributed by atoms with E-state index in [1.54, 1.807) is 19.9 Å². The van der Waals surface area contributed by atoms with E-state index in [0.717, 1.165) is 0 Å². The van der Waals surface area contributed by atoms with Gasteiger partial charge in [0.2, 0.25) is 0 Å². The Bertz CT molecular complexity index is 499. The van der Waals surface area contributed by atoms with Crippen molar-refractivity contribution in [3.05, 3.63) is 29.8 Å². The molecule has 0 amide bonds. The van der Waals surface area contributed by atoms with E-state index in [2.05, 4.69) is 0 Å². The van der Waals surface area contributed by atoms with Gasteiger partial charge in [0, 0.05) is 6.54 Å². The van der Waals surface area contributed by atoms with Gasteiger partial charge in [-0.2, -0.15) is 0 Å². The average molecular weight is 273 g/mol. The van der Waals surface area contributed by atoms with Gasteiger partial charge in [0.05, 0.1) is 16.2 Å². The summed E-state index contributed by atoms with van der Waals surface area (Å²) in [5, 5.41) is 18.7. The highest BCUT2D eigenvalue weighted by atomic mass is 32.2. The Kier molecular flexibility index (Phi) is 4.86. The van der Waals surface area contributed by atoms with Gasteiger partial charge in [0.25, 0.3) is 0 Å². The van der Waals surface area contributed by atoms with E-state index in [1.165, 1.54) is 18.2 Å². The molecule has 2 unspecified atom stereocenters. The third kappa shape index (κ3) is 3.08. The van der Waals surface area contributed by atoms with Crippen molar-refractivity contribution < 1.29 is 18.6 Å². The molecule has 0 radical (unpaired) electrons. The molecule has 102 valence electrons. The predicted molar refractivity (Wildman–Crippen MR) is 68.8 cm³/mol. The van der Waals surface area contributed by atoms with Gasteiger partial charge in [0.1, 0.15) is 6.10 Å². The van der Waals surface area contributed by atoms with Crippen LogP contribution in [0.3, 0.4) is 0 Å². The summed E-state index contributed by atoms with van der Waals surface area (Å²) in [4.78, 5) is 0.137. The lowest BCUT2D eigenvalue weighted by Crippen LogP contribution is -2.27. The molecule has 0 aliphatic carbocycles. The first-order valence-electron chi connectivity index (χ1n) is 5.70. The summed E-state index contributed by atoms with van der Waals surface area (Å²) >= 11 is 0.